The van der Waals surface area contributed by atoms with Gasteiger partial charge in [0.2, 0.25) is 11.1 Å². The number of anilines is 2. The van der Waals surface area contributed by atoms with Gasteiger partial charge in [-0.3, -0.25) is 4.79 Å². The third-order valence-electron chi connectivity index (χ3n) is 7.19. The molecule has 1 aliphatic rings. The number of benzene rings is 3. The van der Waals surface area contributed by atoms with Crippen LogP contribution in [-0.4, -0.2) is 39.6 Å². The van der Waals surface area contributed by atoms with Gasteiger partial charge in [-0.2, -0.15) is 4.98 Å². The van der Waals surface area contributed by atoms with Crippen molar-refractivity contribution in [3.05, 3.63) is 92.0 Å². The van der Waals surface area contributed by atoms with Crippen molar-refractivity contribution in [2.24, 2.45) is 0 Å². The number of ether oxygens (including phenoxy) is 3. The second kappa shape index (κ2) is 15.9. The Morgan fingerprint density at radius 3 is 2.48 bits per heavy atom. The lowest BCUT2D eigenvalue weighted by molar-refractivity contribution is -0.113. The summed E-state index contributed by atoms with van der Waals surface area (Å²) < 4.78 is 21.7. The van der Waals surface area contributed by atoms with Crippen molar-refractivity contribution in [2.45, 2.75) is 58.3 Å². The summed E-state index contributed by atoms with van der Waals surface area (Å²) in [5, 5.41) is 11.9. The van der Waals surface area contributed by atoms with E-state index in [1.807, 2.05) is 81.4 Å². The number of carbonyl (C=O) groups is 1. The van der Waals surface area contributed by atoms with Gasteiger partial charge in [0.15, 0.2) is 11.5 Å². The van der Waals surface area contributed by atoms with E-state index in [9.17, 15) is 4.79 Å². The maximum absolute atomic E-state index is 14.2. The van der Waals surface area contributed by atoms with E-state index in [0.717, 1.165) is 34.2 Å². The molecule has 2 N–H and O–H groups in total. The summed E-state index contributed by atoms with van der Waals surface area (Å²) in [5.74, 6) is 2.92. The molecule has 9 nitrogen and oxygen atoms in total. The summed E-state index contributed by atoms with van der Waals surface area (Å²) in [6.07, 6.45) is 2.14. The highest BCUT2D eigenvalue weighted by atomic mass is 79.9. The highest BCUT2D eigenvalue weighted by molar-refractivity contribution is 9.10. The largest absolute Gasteiger partial charge is 0.492 e. The first-order valence-electron chi connectivity index (χ1n) is 15.3. The van der Waals surface area contributed by atoms with Crippen LogP contribution in [-0.2, 0) is 11.4 Å². The average Bonchev–Trinajstić information content (AvgIpc) is 3.44. The highest BCUT2D eigenvalue weighted by Crippen LogP contribution is 2.44. The Hall–Kier alpha value is -3.48. The molecule has 0 radical (unpaired) electrons. The molecule has 2 heterocycles. The normalized spacial score (nSPS) is 14.0. The van der Waals surface area contributed by atoms with Crippen molar-refractivity contribution in [1.29, 1.82) is 0 Å². The van der Waals surface area contributed by atoms with E-state index in [2.05, 4.69) is 49.4 Å². The van der Waals surface area contributed by atoms with Crippen LogP contribution in [0.15, 0.2) is 86.0 Å². The molecule has 4 aromatic rings. The van der Waals surface area contributed by atoms with E-state index in [1.165, 1.54) is 0 Å². The zero-order chi connectivity index (χ0) is 32.6. The smallest absolute Gasteiger partial charge is 0.255 e. The van der Waals surface area contributed by atoms with E-state index in [1.54, 1.807) is 16.4 Å². The number of nitrogens with zero attached hydrogens (tertiary/aromatic N) is 3. The highest BCUT2D eigenvalue weighted by Gasteiger charge is 2.36. The molecule has 1 aliphatic heterocycles. The van der Waals surface area contributed by atoms with Crippen LogP contribution < -0.4 is 24.8 Å². The second-order valence-corrected chi connectivity index (χ2v) is 13.3. The minimum absolute atomic E-state index is 0.284. The molecule has 0 bridgehead atoms. The Bertz CT molecular complexity index is 1710. The van der Waals surface area contributed by atoms with Crippen LogP contribution >= 0.6 is 43.6 Å². The zero-order valence-electron chi connectivity index (χ0n) is 26.2. The Kier molecular flexibility index (Phi) is 11.7. The van der Waals surface area contributed by atoms with E-state index in [0.29, 0.717) is 69.6 Å². The van der Waals surface area contributed by atoms with Crippen LogP contribution in [0.1, 0.15) is 57.7 Å². The lowest BCUT2D eigenvalue weighted by Gasteiger charge is -2.29. The minimum Gasteiger partial charge on any atom is -0.492 e. The third-order valence-corrected chi connectivity index (χ3v) is 9.23. The summed E-state index contributed by atoms with van der Waals surface area (Å²) in [6.45, 7) is 9.14. The van der Waals surface area contributed by atoms with Crippen molar-refractivity contribution in [3.63, 3.8) is 0 Å². The van der Waals surface area contributed by atoms with Gasteiger partial charge in [-0.15, -0.1) is 5.10 Å². The van der Waals surface area contributed by atoms with Gasteiger partial charge in [0, 0.05) is 15.9 Å². The number of hydrogen-bond acceptors (Lipinski definition) is 8. The predicted octanol–water partition coefficient (Wildman–Crippen LogP) is 9.00. The van der Waals surface area contributed by atoms with Gasteiger partial charge in [-0.25, -0.2) is 4.68 Å². The number of aromatic nitrogens is 3. The van der Waals surface area contributed by atoms with E-state index >= 15 is 0 Å². The van der Waals surface area contributed by atoms with E-state index < -0.39 is 6.04 Å². The number of unbranched alkanes of at least 4 members (excludes halogenated alkanes) is 1. The van der Waals surface area contributed by atoms with E-state index in [4.69, 9.17) is 24.3 Å². The maximum atomic E-state index is 14.2. The number of halogens is 2. The number of carbonyl (C=O) groups excluding carboxylic acids is 1. The van der Waals surface area contributed by atoms with Crippen LogP contribution in [0.2, 0.25) is 0 Å². The third kappa shape index (κ3) is 7.90. The number of rotatable bonds is 14. The van der Waals surface area contributed by atoms with Crippen LogP contribution in [0.3, 0.4) is 0 Å². The molecule has 242 valence electrons. The van der Waals surface area contributed by atoms with Crippen LogP contribution in [0, 0.1) is 0 Å². The van der Waals surface area contributed by atoms with Crippen molar-refractivity contribution in [2.75, 3.05) is 29.6 Å². The molecule has 3 aromatic carbocycles. The fourth-order valence-corrected chi connectivity index (χ4v) is 6.78. The Morgan fingerprint density at radius 1 is 1.00 bits per heavy atom. The van der Waals surface area contributed by atoms with Crippen molar-refractivity contribution >= 4 is 61.2 Å². The number of fused-ring (bicyclic) bond motifs is 1. The molecular formula is C34H37Br2N5O4S. The van der Waals surface area contributed by atoms with Crippen LogP contribution in [0.5, 0.6) is 17.2 Å². The van der Waals surface area contributed by atoms with Gasteiger partial charge < -0.3 is 24.8 Å². The standard InChI is InChI=1S/C34H37Br2N5O4S/c1-5-8-17-46-34-39-33-37-21(4)29(32(42)38-26-11-9-10-12-27(26)43-6-2)30(41(33)40-34)23-18-25(36)31(28(19-23)44-7-3)45-20-22-13-15-24(35)16-14-22/h9-16,18-19,30H,5-8,17,20H2,1-4H3,(H,38,42)(H,37,39,40). The number of allylic oxidation sites excluding steroid dienone is 1. The number of hydrogen-bond donors (Lipinski definition) is 2. The molecule has 0 spiro atoms. The molecule has 1 unspecified atom stereocenters. The topological polar surface area (TPSA) is 99.5 Å². The molecule has 0 saturated carbocycles. The molecule has 5 rings (SSSR count). The number of para-hydroxylation sites is 2. The predicted molar refractivity (Wildman–Crippen MR) is 190 cm³/mol. The van der Waals surface area contributed by atoms with Crippen molar-refractivity contribution < 1.29 is 19.0 Å². The molecule has 0 fully saturated rings. The molecule has 1 amide bonds. The van der Waals surface area contributed by atoms with Crippen molar-refractivity contribution in [3.8, 4) is 17.2 Å². The molecule has 1 aromatic heterocycles. The van der Waals surface area contributed by atoms with Crippen LogP contribution in [0.4, 0.5) is 11.6 Å². The van der Waals surface area contributed by atoms with Crippen molar-refractivity contribution in [1.82, 2.24) is 14.8 Å². The summed E-state index contributed by atoms with van der Waals surface area (Å²) in [5.41, 5.74) is 3.55. The molecule has 0 saturated heterocycles. The maximum Gasteiger partial charge on any atom is 0.255 e. The molecular weight excluding hydrogens is 734 g/mol. The summed E-state index contributed by atoms with van der Waals surface area (Å²) >= 11 is 8.84. The first kappa shape index (κ1) is 33.9. The fourth-order valence-electron chi connectivity index (χ4n) is 5.03. The average molecular weight is 772 g/mol. The Balaban J connectivity index is 1.56. The zero-order valence-corrected chi connectivity index (χ0v) is 30.2. The summed E-state index contributed by atoms with van der Waals surface area (Å²) in [6, 6.07) is 18.7. The van der Waals surface area contributed by atoms with Gasteiger partial charge in [0.05, 0.1) is 28.9 Å². The molecule has 12 heteroatoms. The Labute approximate surface area is 290 Å². The number of amides is 1. The van der Waals surface area contributed by atoms with Gasteiger partial charge >= 0.3 is 0 Å². The first-order valence-corrected chi connectivity index (χ1v) is 17.8. The van der Waals surface area contributed by atoms with Gasteiger partial charge in [-0.05, 0) is 90.6 Å². The quantitative estimate of drug-likeness (QED) is 0.0969. The monoisotopic (exact) mass is 769 g/mol. The lowest BCUT2D eigenvalue weighted by atomic mass is 9.94. The molecule has 46 heavy (non-hydrogen) atoms. The SMILES string of the molecule is CCCCSc1nc2n(n1)C(c1cc(Br)c(OCc3ccc(Br)cc3)c(OCC)c1)C(C(=O)Nc1ccccc1OCC)=C(C)N2. The Morgan fingerprint density at radius 2 is 1.74 bits per heavy atom. The minimum atomic E-state index is -0.612. The number of thioether (sulfide) groups is 1. The lowest BCUT2D eigenvalue weighted by Crippen LogP contribution is -2.31. The molecule has 1 atom stereocenters. The molecule has 0 aliphatic carbocycles. The van der Waals surface area contributed by atoms with E-state index in [-0.39, 0.29) is 5.91 Å². The fraction of sp³-hybridized carbons (Fsp3) is 0.324. The van der Waals surface area contributed by atoms with Gasteiger partial charge in [-0.1, -0.05) is 65.3 Å². The van der Waals surface area contributed by atoms with Crippen LogP contribution in [0.25, 0.3) is 0 Å². The van der Waals surface area contributed by atoms with Gasteiger partial charge in [0.1, 0.15) is 18.4 Å². The van der Waals surface area contributed by atoms with Gasteiger partial charge in [0.25, 0.3) is 5.91 Å². The number of nitrogens with one attached hydrogen (secondary N) is 2. The summed E-state index contributed by atoms with van der Waals surface area (Å²) in [7, 11) is 0. The summed E-state index contributed by atoms with van der Waals surface area (Å²) in [4.78, 5) is 19.0. The second-order valence-electron chi connectivity index (χ2n) is 10.5. The first-order chi connectivity index (χ1) is 22.3.